The first-order valence-electron chi connectivity index (χ1n) is 6.04. The lowest BCUT2D eigenvalue weighted by Gasteiger charge is -2.07. The standard InChI is InChI=1S/C13H10Cl2FN5/c1-6-10-11(20-21(6)2)12(19-13(15)18-10)17-9-4-3-7(14)5-8(9)16/h3-5H,1-2H3,(H,17,18,19). The Morgan fingerprint density at radius 1 is 1.19 bits per heavy atom. The zero-order valence-corrected chi connectivity index (χ0v) is 12.7. The Kier molecular flexibility index (Phi) is 3.43. The van der Waals surface area contributed by atoms with Gasteiger partial charge in [0, 0.05) is 12.1 Å². The number of hydrogen-bond acceptors (Lipinski definition) is 4. The molecule has 0 aliphatic rings. The minimum atomic E-state index is -0.488. The van der Waals surface area contributed by atoms with Crippen LogP contribution in [0.3, 0.4) is 0 Å². The van der Waals surface area contributed by atoms with Crippen LogP contribution < -0.4 is 5.32 Å². The van der Waals surface area contributed by atoms with E-state index in [1.165, 1.54) is 12.1 Å². The van der Waals surface area contributed by atoms with Gasteiger partial charge in [-0.1, -0.05) is 11.6 Å². The molecule has 21 heavy (non-hydrogen) atoms. The summed E-state index contributed by atoms with van der Waals surface area (Å²) in [5.41, 5.74) is 2.22. The van der Waals surface area contributed by atoms with Gasteiger partial charge in [-0.25, -0.2) is 9.37 Å². The molecule has 2 aromatic heterocycles. The third kappa shape index (κ3) is 2.52. The van der Waals surface area contributed by atoms with Crippen LogP contribution in [-0.4, -0.2) is 19.7 Å². The summed E-state index contributed by atoms with van der Waals surface area (Å²) in [7, 11) is 1.79. The molecule has 108 valence electrons. The Bertz CT molecular complexity index is 846. The van der Waals surface area contributed by atoms with Gasteiger partial charge < -0.3 is 5.32 Å². The molecule has 0 fully saturated rings. The third-order valence-corrected chi connectivity index (χ3v) is 3.52. The molecule has 0 amide bonds. The van der Waals surface area contributed by atoms with E-state index in [9.17, 15) is 4.39 Å². The van der Waals surface area contributed by atoms with Crippen LogP contribution in [0.1, 0.15) is 5.69 Å². The van der Waals surface area contributed by atoms with Crippen molar-refractivity contribution in [2.24, 2.45) is 7.05 Å². The molecule has 5 nitrogen and oxygen atoms in total. The molecule has 0 unspecified atom stereocenters. The quantitative estimate of drug-likeness (QED) is 0.727. The second-order valence-electron chi connectivity index (χ2n) is 4.50. The first-order valence-corrected chi connectivity index (χ1v) is 6.80. The summed E-state index contributed by atoms with van der Waals surface area (Å²) in [5, 5.41) is 7.58. The van der Waals surface area contributed by atoms with Crippen molar-refractivity contribution < 1.29 is 4.39 Å². The summed E-state index contributed by atoms with van der Waals surface area (Å²) in [4.78, 5) is 8.23. The van der Waals surface area contributed by atoms with E-state index in [1.54, 1.807) is 17.8 Å². The molecule has 0 spiro atoms. The maximum Gasteiger partial charge on any atom is 0.225 e. The highest BCUT2D eigenvalue weighted by atomic mass is 35.5. The van der Waals surface area contributed by atoms with E-state index >= 15 is 0 Å². The van der Waals surface area contributed by atoms with Crippen LogP contribution in [0, 0.1) is 12.7 Å². The Morgan fingerprint density at radius 2 is 1.95 bits per heavy atom. The molecule has 1 N–H and O–H groups in total. The van der Waals surface area contributed by atoms with Crippen molar-refractivity contribution >= 4 is 45.7 Å². The fourth-order valence-electron chi connectivity index (χ4n) is 1.96. The molecule has 0 bridgehead atoms. The Morgan fingerprint density at radius 3 is 2.67 bits per heavy atom. The Hall–Kier alpha value is -1.92. The van der Waals surface area contributed by atoms with E-state index in [4.69, 9.17) is 23.2 Å². The molecular formula is C13H10Cl2FN5. The minimum Gasteiger partial charge on any atom is -0.336 e. The molecule has 3 aromatic rings. The fourth-order valence-corrected chi connectivity index (χ4v) is 2.29. The van der Waals surface area contributed by atoms with Crippen molar-refractivity contribution in [2.45, 2.75) is 6.92 Å². The van der Waals surface area contributed by atoms with E-state index in [-0.39, 0.29) is 11.0 Å². The Balaban J connectivity index is 2.14. The van der Waals surface area contributed by atoms with E-state index in [0.717, 1.165) is 5.69 Å². The second kappa shape index (κ2) is 5.13. The van der Waals surface area contributed by atoms with Crippen molar-refractivity contribution in [3.05, 3.63) is 40.0 Å². The van der Waals surface area contributed by atoms with Gasteiger partial charge in [-0.15, -0.1) is 0 Å². The van der Waals surface area contributed by atoms with Crippen molar-refractivity contribution in [3.63, 3.8) is 0 Å². The van der Waals surface area contributed by atoms with Gasteiger partial charge in [0.05, 0.1) is 11.4 Å². The summed E-state index contributed by atoms with van der Waals surface area (Å²) >= 11 is 11.7. The van der Waals surface area contributed by atoms with Crippen LogP contribution in [0.15, 0.2) is 18.2 Å². The van der Waals surface area contributed by atoms with E-state index < -0.39 is 5.82 Å². The van der Waals surface area contributed by atoms with Crippen LogP contribution in [0.25, 0.3) is 11.0 Å². The third-order valence-electron chi connectivity index (χ3n) is 3.12. The van der Waals surface area contributed by atoms with Crippen molar-refractivity contribution in [3.8, 4) is 0 Å². The first kappa shape index (κ1) is 14.0. The fraction of sp³-hybridized carbons (Fsp3) is 0.154. The normalized spacial score (nSPS) is 11.1. The van der Waals surface area contributed by atoms with Crippen LogP contribution in [0.2, 0.25) is 10.3 Å². The van der Waals surface area contributed by atoms with Crippen LogP contribution in [-0.2, 0) is 7.05 Å². The topological polar surface area (TPSA) is 55.6 Å². The monoisotopic (exact) mass is 325 g/mol. The maximum absolute atomic E-state index is 13.9. The Labute approximate surface area is 129 Å². The average Bonchev–Trinajstić information content (AvgIpc) is 2.70. The molecule has 3 rings (SSSR count). The van der Waals surface area contributed by atoms with E-state index in [0.29, 0.717) is 21.9 Å². The predicted molar refractivity (Wildman–Crippen MR) is 80.7 cm³/mol. The minimum absolute atomic E-state index is 0.0653. The van der Waals surface area contributed by atoms with E-state index in [2.05, 4.69) is 20.4 Å². The van der Waals surface area contributed by atoms with Gasteiger partial charge in [-0.3, -0.25) is 4.68 Å². The number of hydrogen-bond donors (Lipinski definition) is 1. The lowest BCUT2D eigenvalue weighted by molar-refractivity contribution is 0.632. The number of nitrogens with one attached hydrogen (secondary N) is 1. The summed E-state index contributed by atoms with van der Waals surface area (Å²) in [6.07, 6.45) is 0. The average molecular weight is 326 g/mol. The van der Waals surface area contributed by atoms with Gasteiger partial charge >= 0.3 is 0 Å². The number of anilines is 2. The molecular weight excluding hydrogens is 316 g/mol. The zero-order chi connectivity index (χ0) is 15.1. The molecule has 8 heteroatoms. The molecule has 0 aliphatic heterocycles. The van der Waals surface area contributed by atoms with Crippen molar-refractivity contribution in [1.29, 1.82) is 0 Å². The highest BCUT2D eigenvalue weighted by Gasteiger charge is 2.15. The summed E-state index contributed by atoms with van der Waals surface area (Å²) < 4.78 is 15.5. The molecule has 1 aromatic carbocycles. The lowest BCUT2D eigenvalue weighted by atomic mass is 10.3. The first-order chi connectivity index (χ1) is 9.95. The van der Waals surface area contributed by atoms with Gasteiger partial charge in [0.15, 0.2) is 11.3 Å². The summed E-state index contributed by atoms with van der Waals surface area (Å²) in [6, 6.07) is 4.32. The number of aromatic nitrogens is 4. The molecule has 2 heterocycles. The van der Waals surface area contributed by atoms with E-state index in [1.807, 2.05) is 6.92 Å². The van der Waals surface area contributed by atoms with Crippen LogP contribution >= 0.6 is 23.2 Å². The maximum atomic E-state index is 13.9. The SMILES string of the molecule is Cc1c2nc(Cl)nc(Nc3ccc(Cl)cc3F)c2nn1C. The van der Waals surface area contributed by atoms with Gasteiger partial charge in [0.1, 0.15) is 11.3 Å². The molecule has 0 radical (unpaired) electrons. The number of halogens is 3. The van der Waals surface area contributed by atoms with Gasteiger partial charge in [0.25, 0.3) is 0 Å². The van der Waals surface area contributed by atoms with Crippen LogP contribution in [0.5, 0.6) is 0 Å². The molecule has 0 atom stereocenters. The lowest BCUT2D eigenvalue weighted by Crippen LogP contribution is -1.99. The highest BCUT2D eigenvalue weighted by molar-refractivity contribution is 6.30. The number of aryl methyl sites for hydroxylation is 2. The molecule has 0 aliphatic carbocycles. The van der Waals surface area contributed by atoms with Gasteiger partial charge in [0.2, 0.25) is 5.28 Å². The second-order valence-corrected chi connectivity index (χ2v) is 5.27. The summed E-state index contributed by atoms with van der Waals surface area (Å²) in [5.74, 6) is -0.145. The van der Waals surface area contributed by atoms with Gasteiger partial charge in [-0.2, -0.15) is 10.1 Å². The zero-order valence-electron chi connectivity index (χ0n) is 11.2. The largest absolute Gasteiger partial charge is 0.336 e. The van der Waals surface area contributed by atoms with Gasteiger partial charge in [-0.05, 0) is 36.7 Å². The van der Waals surface area contributed by atoms with Crippen molar-refractivity contribution in [2.75, 3.05) is 5.32 Å². The van der Waals surface area contributed by atoms with Crippen molar-refractivity contribution in [1.82, 2.24) is 19.7 Å². The number of nitrogens with zero attached hydrogens (tertiary/aromatic N) is 4. The predicted octanol–water partition coefficient (Wildman–Crippen LogP) is 3.86. The highest BCUT2D eigenvalue weighted by Crippen LogP contribution is 2.28. The summed E-state index contributed by atoms with van der Waals surface area (Å²) in [6.45, 7) is 1.87. The molecule has 0 saturated heterocycles. The number of rotatable bonds is 2. The number of fused-ring (bicyclic) bond motifs is 1. The molecule has 0 saturated carbocycles. The number of benzene rings is 1. The van der Waals surface area contributed by atoms with Crippen LogP contribution in [0.4, 0.5) is 15.9 Å². The smallest absolute Gasteiger partial charge is 0.225 e.